The number of hydrogen-bond acceptors (Lipinski definition) is 3. The van der Waals surface area contributed by atoms with E-state index in [4.69, 9.17) is 18.0 Å². The van der Waals surface area contributed by atoms with E-state index in [1.165, 1.54) is 12.1 Å². The Balaban J connectivity index is 2.31. The number of nitrogens with one attached hydrogen (secondary N) is 1. The van der Waals surface area contributed by atoms with Gasteiger partial charge >= 0.3 is 0 Å². The Kier molecular flexibility index (Phi) is 4.95. The Morgan fingerprint density at radius 1 is 1.14 bits per heavy atom. The van der Waals surface area contributed by atoms with Crippen LogP contribution in [0.2, 0.25) is 0 Å². The maximum absolute atomic E-state index is 12.9. The zero-order valence-corrected chi connectivity index (χ0v) is 13.3. The van der Waals surface area contributed by atoms with Crippen LogP contribution in [0.3, 0.4) is 0 Å². The molecule has 1 aliphatic carbocycles. The van der Waals surface area contributed by atoms with Gasteiger partial charge in [0.15, 0.2) is 0 Å². The van der Waals surface area contributed by atoms with E-state index >= 15 is 0 Å². The van der Waals surface area contributed by atoms with Crippen LogP contribution in [0.5, 0.6) is 0 Å². The molecule has 0 atom stereocenters. The van der Waals surface area contributed by atoms with Crippen molar-refractivity contribution in [3.05, 3.63) is 30.1 Å². The molecule has 0 unspecified atom stereocenters. The Morgan fingerprint density at radius 2 is 1.67 bits per heavy atom. The van der Waals surface area contributed by atoms with Gasteiger partial charge in [-0.05, 0) is 37.1 Å². The SMILES string of the molecule is NC(=S)C1(NS(=O)(=O)c2ccc(F)cc2)CCCCCC1. The third-order valence-electron chi connectivity index (χ3n) is 3.88. The van der Waals surface area contributed by atoms with Gasteiger partial charge in [0.05, 0.1) is 15.4 Å². The molecule has 0 bridgehead atoms. The van der Waals surface area contributed by atoms with E-state index in [1.54, 1.807) is 0 Å². The van der Waals surface area contributed by atoms with E-state index in [1.807, 2.05) is 0 Å². The average Bonchev–Trinajstić information content (AvgIpc) is 2.65. The summed E-state index contributed by atoms with van der Waals surface area (Å²) in [6.07, 6.45) is 5.04. The number of hydrogen-bond donors (Lipinski definition) is 2. The van der Waals surface area contributed by atoms with Crippen molar-refractivity contribution >= 4 is 27.2 Å². The Hall–Kier alpha value is -1.05. The number of nitrogens with two attached hydrogens (primary N) is 1. The second-order valence-electron chi connectivity index (χ2n) is 5.42. The molecule has 0 aromatic heterocycles. The molecule has 3 N–H and O–H groups in total. The summed E-state index contributed by atoms with van der Waals surface area (Å²) in [5.74, 6) is -0.479. The molecule has 0 amide bonds. The molecule has 1 aromatic carbocycles. The first kappa shape index (κ1) is 16.3. The first-order valence-corrected chi connectivity index (χ1v) is 8.84. The van der Waals surface area contributed by atoms with E-state index in [9.17, 15) is 12.8 Å². The second kappa shape index (κ2) is 6.37. The van der Waals surface area contributed by atoms with Crippen LogP contribution >= 0.6 is 12.2 Å². The van der Waals surface area contributed by atoms with Crippen LogP contribution < -0.4 is 10.5 Å². The molecule has 2 rings (SSSR count). The summed E-state index contributed by atoms with van der Waals surface area (Å²) in [5, 5.41) is 0. The number of thiocarbonyl (C=S) groups is 1. The van der Waals surface area contributed by atoms with Crippen molar-refractivity contribution in [3.8, 4) is 0 Å². The van der Waals surface area contributed by atoms with Gasteiger partial charge in [-0.25, -0.2) is 12.8 Å². The zero-order valence-electron chi connectivity index (χ0n) is 11.6. The number of sulfonamides is 1. The van der Waals surface area contributed by atoms with E-state index < -0.39 is 21.4 Å². The van der Waals surface area contributed by atoms with Gasteiger partial charge in [0.25, 0.3) is 0 Å². The molecule has 4 nitrogen and oxygen atoms in total. The highest BCUT2D eigenvalue weighted by Gasteiger charge is 2.38. The summed E-state index contributed by atoms with van der Waals surface area (Å²) in [7, 11) is -3.78. The highest BCUT2D eigenvalue weighted by molar-refractivity contribution is 7.89. The molecule has 1 fully saturated rings. The molecule has 1 aromatic rings. The van der Waals surface area contributed by atoms with Gasteiger partial charge in [0.2, 0.25) is 10.0 Å². The minimum Gasteiger partial charge on any atom is -0.392 e. The van der Waals surface area contributed by atoms with Gasteiger partial charge in [-0.15, -0.1) is 0 Å². The fraction of sp³-hybridized carbons (Fsp3) is 0.500. The summed E-state index contributed by atoms with van der Waals surface area (Å²) in [4.78, 5) is 0.193. The lowest BCUT2D eigenvalue weighted by Gasteiger charge is -2.32. The monoisotopic (exact) mass is 330 g/mol. The molecule has 0 heterocycles. The molecule has 0 spiro atoms. The van der Waals surface area contributed by atoms with Crippen LogP contribution in [0.15, 0.2) is 29.2 Å². The van der Waals surface area contributed by atoms with Crippen molar-refractivity contribution in [2.24, 2.45) is 5.73 Å². The highest BCUT2D eigenvalue weighted by atomic mass is 32.2. The fourth-order valence-electron chi connectivity index (χ4n) is 2.66. The normalized spacial score (nSPS) is 18.9. The lowest BCUT2D eigenvalue weighted by atomic mass is 9.91. The molecule has 0 saturated heterocycles. The smallest absolute Gasteiger partial charge is 0.241 e. The number of rotatable bonds is 4. The second-order valence-corrected chi connectivity index (χ2v) is 7.54. The minimum atomic E-state index is -3.78. The van der Waals surface area contributed by atoms with Crippen molar-refractivity contribution in [1.29, 1.82) is 0 Å². The standard InChI is InChI=1S/C14H19FN2O2S2/c15-11-5-7-12(8-6-11)21(18,19)17-14(13(16)20)9-3-1-2-4-10-14/h5-8,17H,1-4,9-10H2,(H2,16,20). The lowest BCUT2D eigenvalue weighted by Crippen LogP contribution is -2.56. The topological polar surface area (TPSA) is 72.2 Å². The van der Waals surface area contributed by atoms with Gasteiger partial charge in [-0.3, -0.25) is 0 Å². The molecular weight excluding hydrogens is 311 g/mol. The summed E-state index contributed by atoms with van der Waals surface area (Å²) in [6, 6.07) is 4.72. The van der Waals surface area contributed by atoms with E-state index in [2.05, 4.69) is 4.72 Å². The predicted octanol–water partition coefficient (Wildman–Crippen LogP) is 2.48. The molecule has 0 aliphatic heterocycles. The quantitative estimate of drug-likeness (QED) is 0.657. The van der Waals surface area contributed by atoms with Crippen LogP contribution in [0.4, 0.5) is 4.39 Å². The van der Waals surface area contributed by atoms with Crippen molar-refractivity contribution in [2.45, 2.75) is 49.0 Å². The highest BCUT2D eigenvalue weighted by Crippen LogP contribution is 2.29. The van der Waals surface area contributed by atoms with E-state index in [0.717, 1.165) is 37.8 Å². The maximum atomic E-state index is 12.9. The van der Waals surface area contributed by atoms with Crippen molar-refractivity contribution in [2.75, 3.05) is 0 Å². The Bertz CT molecular complexity index is 606. The molecule has 1 aliphatic rings. The van der Waals surface area contributed by atoms with Crippen molar-refractivity contribution in [3.63, 3.8) is 0 Å². The molecule has 116 valence electrons. The molecule has 7 heteroatoms. The molecular formula is C14H19FN2O2S2. The first-order valence-electron chi connectivity index (χ1n) is 6.95. The summed E-state index contributed by atoms with van der Waals surface area (Å²) >= 11 is 5.12. The average molecular weight is 330 g/mol. The summed E-state index contributed by atoms with van der Waals surface area (Å²) in [5.41, 5.74) is 4.95. The minimum absolute atomic E-state index is 0.0174. The van der Waals surface area contributed by atoms with Gasteiger partial charge < -0.3 is 5.73 Å². The molecule has 0 radical (unpaired) electrons. The molecule has 21 heavy (non-hydrogen) atoms. The first-order chi connectivity index (χ1) is 9.86. The van der Waals surface area contributed by atoms with Crippen molar-refractivity contribution in [1.82, 2.24) is 4.72 Å². The van der Waals surface area contributed by atoms with E-state index in [0.29, 0.717) is 12.8 Å². The van der Waals surface area contributed by atoms with Crippen LogP contribution in [-0.4, -0.2) is 18.9 Å². The largest absolute Gasteiger partial charge is 0.392 e. The van der Waals surface area contributed by atoms with E-state index in [-0.39, 0.29) is 9.88 Å². The fourth-order valence-corrected chi connectivity index (χ4v) is 4.42. The van der Waals surface area contributed by atoms with Crippen LogP contribution in [-0.2, 0) is 10.0 Å². The van der Waals surface area contributed by atoms with Gasteiger partial charge in [0, 0.05) is 0 Å². The zero-order chi connectivity index (χ0) is 15.5. The van der Waals surface area contributed by atoms with Gasteiger partial charge in [-0.1, -0.05) is 37.9 Å². The van der Waals surface area contributed by atoms with Crippen LogP contribution in [0.25, 0.3) is 0 Å². The maximum Gasteiger partial charge on any atom is 0.241 e. The van der Waals surface area contributed by atoms with Gasteiger partial charge in [0.1, 0.15) is 5.82 Å². The van der Waals surface area contributed by atoms with Crippen molar-refractivity contribution < 1.29 is 12.8 Å². The van der Waals surface area contributed by atoms with Crippen LogP contribution in [0, 0.1) is 5.82 Å². The number of halogens is 1. The molecule has 1 saturated carbocycles. The summed E-state index contributed by atoms with van der Waals surface area (Å²) in [6.45, 7) is 0. The summed E-state index contributed by atoms with van der Waals surface area (Å²) < 4.78 is 40.6. The third-order valence-corrected chi connectivity index (χ3v) is 5.83. The third kappa shape index (κ3) is 3.78. The predicted molar refractivity (Wildman–Crippen MR) is 83.9 cm³/mol. The lowest BCUT2D eigenvalue weighted by molar-refractivity contribution is 0.441. The Morgan fingerprint density at radius 3 is 2.14 bits per heavy atom. The van der Waals surface area contributed by atoms with Gasteiger partial charge in [-0.2, -0.15) is 4.72 Å². The Labute approximate surface area is 130 Å². The van der Waals surface area contributed by atoms with Crippen LogP contribution in [0.1, 0.15) is 38.5 Å². The number of benzene rings is 1.